The first-order valence-electron chi connectivity index (χ1n) is 8.38. The molecule has 1 aromatic carbocycles. The van der Waals surface area contributed by atoms with Crippen LogP contribution in [0.1, 0.15) is 6.42 Å². The second kappa shape index (κ2) is 8.26. The molecule has 0 radical (unpaired) electrons. The molecule has 1 aliphatic heterocycles. The lowest BCUT2D eigenvalue weighted by atomic mass is 10.1. The average molecular weight is 369 g/mol. The minimum absolute atomic E-state index is 0.351. The van der Waals surface area contributed by atoms with Crippen molar-refractivity contribution in [1.29, 1.82) is 0 Å². The third-order valence-electron chi connectivity index (χ3n) is 4.05. The molecule has 2 aromatic rings. The van der Waals surface area contributed by atoms with Crippen molar-refractivity contribution in [3.8, 4) is 5.75 Å². The number of urea groups is 1. The molecule has 27 heavy (non-hydrogen) atoms. The molecule has 1 aliphatic rings. The Labute approximate surface area is 155 Å². The van der Waals surface area contributed by atoms with Gasteiger partial charge < -0.3 is 9.30 Å². The third-order valence-corrected chi connectivity index (χ3v) is 4.05. The summed E-state index contributed by atoms with van der Waals surface area (Å²) >= 11 is 0. The average Bonchev–Trinajstić information content (AvgIpc) is 3.17. The van der Waals surface area contributed by atoms with Crippen molar-refractivity contribution in [2.24, 2.45) is 10.9 Å². The number of hydrogen-bond acceptors (Lipinski definition) is 6. The number of aryl methyl sites for hydroxylation is 1. The van der Waals surface area contributed by atoms with E-state index in [1.807, 2.05) is 10.8 Å². The summed E-state index contributed by atoms with van der Waals surface area (Å²) in [6.45, 7) is 1.18. The number of barbiturate groups is 1. The van der Waals surface area contributed by atoms with Gasteiger partial charge in [-0.2, -0.15) is 0 Å². The molecule has 0 bridgehead atoms. The molecule has 2 heterocycles. The van der Waals surface area contributed by atoms with Crippen molar-refractivity contribution in [1.82, 2.24) is 14.9 Å². The lowest BCUT2D eigenvalue weighted by molar-refractivity contribution is -0.131. The number of aromatic nitrogens is 2. The Balaban J connectivity index is 1.65. The van der Waals surface area contributed by atoms with E-state index in [-0.39, 0.29) is 0 Å². The van der Waals surface area contributed by atoms with Crippen molar-refractivity contribution in [2.45, 2.75) is 13.0 Å². The Bertz CT molecular complexity index is 845. The maximum absolute atomic E-state index is 12.7. The highest BCUT2D eigenvalue weighted by atomic mass is 16.5. The normalized spacial score (nSPS) is 17.4. The van der Waals surface area contributed by atoms with Crippen molar-refractivity contribution in [2.75, 3.05) is 18.6 Å². The number of nitrogens with zero attached hydrogens (tertiary/aromatic N) is 4. The van der Waals surface area contributed by atoms with Crippen molar-refractivity contribution >= 4 is 29.7 Å². The lowest BCUT2D eigenvalue weighted by Crippen LogP contribution is -2.58. The second-order valence-electron chi connectivity index (χ2n) is 5.85. The number of benzene rings is 1. The molecular formula is C18H19N5O4. The standard InChI is InChI=1S/C18H19N5O4/c1-27-14-5-3-13(4-6-14)23-17(25)15(16(24)21-18(23)26)11-19-7-2-9-22-10-8-20-12-22/h3-6,8,10-12,15H,2,7,9H2,1H3,(H,21,24,26)/t15-/m1/s1. The zero-order valence-electron chi connectivity index (χ0n) is 14.7. The number of carbonyl (C=O) groups is 3. The Kier molecular flexibility index (Phi) is 5.60. The fraction of sp³-hybridized carbons (Fsp3) is 0.278. The summed E-state index contributed by atoms with van der Waals surface area (Å²) in [5, 5.41) is 2.19. The number of anilines is 1. The SMILES string of the molecule is COc1ccc(N2C(=O)NC(=O)[C@@H](C=NCCCn3ccnc3)C2=O)cc1. The summed E-state index contributed by atoms with van der Waals surface area (Å²) in [7, 11) is 1.52. The number of hydrogen-bond donors (Lipinski definition) is 1. The Morgan fingerprint density at radius 3 is 2.70 bits per heavy atom. The van der Waals surface area contributed by atoms with Gasteiger partial charge in [-0.1, -0.05) is 0 Å². The van der Waals surface area contributed by atoms with Gasteiger partial charge >= 0.3 is 6.03 Å². The molecule has 1 atom stereocenters. The summed E-state index contributed by atoms with van der Waals surface area (Å²) in [6.07, 6.45) is 7.28. The van der Waals surface area contributed by atoms with Gasteiger partial charge in [0, 0.05) is 31.7 Å². The maximum atomic E-state index is 12.7. The van der Waals surface area contributed by atoms with Gasteiger partial charge in [-0.05, 0) is 30.7 Å². The molecule has 3 rings (SSSR count). The topological polar surface area (TPSA) is 106 Å². The van der Waals surface area contributed by atoms with Crippen LogP contribution in [-0.2, 0) is 16.1 Å². The fourth-order valence-electron chi connectivity index (χ4n) is 2.64. The van der Waals surface area contributed by atoms with Crippen LogP contribution >= 0.6 is 0 Å². The smallest absolute Gasteiger partial charge is 0.335 e. The van der Waals surface area contributed by atoms with Crippen LogP contribution < -0.4 is 15.0 Å². The van der Waals surface area contributed by atoms with Gasteiger partial charge in [-0.25, -0.2) is 14.7 Å². The molecule has 0 aliphatic carbocycles. The molecule has 9 nitrogen and oxygen atoms in total. The van der Waals surface area contributed by atoms with Crippen molar-refractivity contribution in [3.63, 3.8) is 0 Å². The van der Waals surface area contributed by atoms with Crippen LogP contribution in [-0.4, -0.2) is 47.3 Å². The predicted octanol–water partition coefficient (Wildman–Crippen LogP) is 1.25. The summed E-state index contributed by atoms with van der Waals surface area (Å²) in [6, 6.07) is 5.63. The highest BCUT2D eigenvalue weighted by molar-refractivity contribution is 6.32. The monoisotopic (exact) mass is 369 g/mol. The zero-order chi connectivity index (χ0) is 19.2. The van der Waals surface area contributed by atoms with Crippen LogP contribution in [0.2, 0.25) is 0 Å². The van der Waals surface area contributed by atoms with E-state index in [4.69, 9.17) is 4.74 Å². The van der Waals surface area contributed by atoms with E-state index in [1.54, 1.807) is 36.8 Å². The summed E-state index contributed by atoms with van der Waals surface area (Å²) in [4.78, 5) is 45.9. The van der Waals surface area contributed by atoms with E-state index in [0.29, 0.717) is 18.0 Å². The van der Waals surface area contributed by atoms with E-state index in [2.05, 4.69) is 15.3 Å². The molecule has 4 amide bonds. The minimum atomic E-state index is -1.14. The molecule has 0 spiro atoms. The third kappa shape index (κ3) is 4.20. The highest BCUT2D eigenvalue weighted by Crippen LogP contribution is 2.23. The van der Waals surface area contributed by atoms with Gasteiger partial charge in [0.25, 0.3) is 5.91 Å². The first-order valence-corrected chi connectivity index (χ1v) is 8.38. The van der Waals surface area contributed by atoms with Crippen LogP contribution in [0.15, 0.2) is 48.0 Å². The van der Waals surface area contributed by atoms with Crippen LogP contribution in [0.4, 0.5) is 10.5 Å². The predicted molar refractivity (Wildman–Crippen MR) is 97.7 cm³/mol. The number of aliphatic imine (C=N–C) groups is 1. The Hall–Kier alpha value is -3.49. The number of rotatable bonds is 7. The molecule has 1 saturated heterocycles. The summed E-state index contributed by atoms with van der Waals surface area (Å²) < 4.78 is 6.98. The lowest BCUT2D eigenvalue weighted by Gasteiger charge is -2.28. The van der Waals surface area contributed by atoms with Gasteiger partial charge in [0.05, 0.1) is 19.1 Å². The summed E-state index contributed by atoms with van der Waals surface area (Å²) in [5.74, 6) is -1.85. The molecular weight excluding hydrogens is 350 g/mol. The molecule has 140 valence electrons. The van der Waals surface area contributed by atoms with E-state index >= 15 is 0 Å². The van der Waals surface area contributed by atoms with Crippen molar-refractivity contribution < 1.29 is 19.1 Å². The first-order chi connectivity index (χ1) is 13.1. The van der Waals surface area contributed by atoms with Crippen molar-refractivity contribution in [3.05, 3.63) is 43.0 Å². The largest absolute Gasteiger partial charge is 0.497 e. The maximum Gasteiger partial charge on any atom is 0.335 e. The molecule has 1 aromatic heterocycles. The highest BCUT2D eigenvalue weighted by Gasteiger charge is 2.40. The van der Waals surface area contributed by atoms with Gasteiger partial charge in [0.2, 0.25) is 5.91 Å². The second-order valence-corrected chi connectivity index (χ2v) is 5.85. The fourth-order valence-corrected chi connectivity index (χ4v) is 2.64. The number of carbonyl (C=O) groups excluding carboxylic acids is 3. The molecule has 1 N–H and O–H groups in total. The number of imidazole rings is 1. The number of nitrogens with one attached hydrogen (secondary N) is 1. The number of ether oxygens (including phenoxy) is 1. The van der Waals surface area contributed by atoms with Crippen LogP contribution in [0.25, 0.3) is 0 Å². The van der Waals surface area contributed by atoms with Gasteiger partial charge in [-0.3, -0.25) is 19.9 Å². The zero-order valence-corrected chi connectivity index (χ0v) is 14.7. The number of methoxy groups -OCH3 is 1. The van der Waals surface area contributed by atoms with Crippen LogP contribution in [0.5, 0.6) is 5.75 Å². The number of imide groups is 2. The van der Waals surface area contributed by atoms with Gasteiger partial charge in [-0.15, -0.1) is 0 Å². The van der Waals surface area contributed by atoms with Crippen LogP contribution in [0, 0.1) is 5.92 Å². The van der Waals surface area contributed by atoms with Crippen LogP contribution in [0.3, 0.4) is 0 Å². The number of amides is 4. The minimum Gasteiger partial charge on any atom is -0.497 e. The van der Waals surface area contributed by atoms with Gasteiger partial charge in [0.15, 0.2) is 5.92 Å². The van der Waals surface area contributed by atoms with E-state index in [9.17, 15) is 14.4 Å². The molecule has 1 fully saturated rings. The molecule has 0 unspecified atom stereocenters. The van der Waals surface area contributed by atoms with E-state index in [1.165, 1.54) is 13.3 Å². The quantitative estimate of drug-likeness (QED) is 0.449. The van der Waals surface area contributed by atoms with E-state index < -0.39 is 23.8 Å². The van der Waals surface area contributed by atoms with Gasteiger partial charge in [0.1, 0.15) is 5.75 Å². The Morgan fingerprint density at radius 1 is 1.26 bits per heavy atom. The first kappa shape index (κ1) is 18.3. The van der Waals surface area contributed by atoms with E-state index in [0.717, 1.165) is 17.9 Å². The molecule has 0 saturated carbocycles. The summed E-state index contributed by atoms with van der Waals surface area (Å²) in [5.41, 5.74) is 0.351. The Morgan fingerprint density at radius 2 is 2.04 bits per heavy atom. The molecule has 9 heteroatoms.